The molecule has 2 N–H and O–H groups in total. The molecule has 8 heteroatoms. The maximum absolute atomic E-state index is 11.6. The number of aromatic nitrogens is 2. The third-order valence-corrected chi connectivity index (χ3v) is 3.77. The van der Waals surface area contributed by atoms with Crippen LogP contribution in [0.1, 0.15) is 6.92 Å². The highest BCUT2D eigenvalue weighted by atomic mass is 16.5. The molecule has 140 valence electrons. The molecule has 3 rings (SSSR count). The molecule has 2 amide bonds. The third-order valence-electron chi connectivity index (χ3n) is 3.77. The second kappa shape index (κ2) is 8.22. The molecular formula is C19H20N4O4. The van der Waals surface area contributed by atoms with Crippen molar-refractivity contribution < 1.29 is 19.0 Å². The molecule has 0 spiro atoms. The van der Waals surface area contributed by atoms with Gasteiger partial charge in [0.1, 0.15) is 12.1 Å². The van der Waals surface area contributed by atoms with Crippen molar-refractivity contribution in [1.29, 1.82) is 0 Å². The van der Waals surface area contributed by atoms with Gasteiger partial charge in [-0.25, -0.2) is 14.8 Å². The summed E-state index contributed by atoms with van der Waals surface area (Å²) in [6.07, 6.45) is 1.43. The van der Waals surface area contributed by atoms with Crippen LogP contribution in [0.25, 0.3) is 10.9 Å². The van der Waals surface area contributed by atoms with Crippen LogP contribution < -0.4 is 24.8 Å². The summed E-state index contributed by atoms with van der Waals surface area (Å²) in [5.74, 6) is 2.11. The summed E-state index contributed by atoms with van der Waals surface area (Å²) in [6, 6.07) is 10.3. The average molecular weight is 368 g/mol. The van der Waals surface area contributed by atoms with Gasteiger partial charge in [0.05, 0.1) is 25.1 Å². The van der Waals surface area contributed by atoms with Gasteiger partial charge in [-0.1, -0.05) is 0 Å². The Bertz CT molecular complexity index is 944. The molecule has 0 saturated heterocycles. The van der Waals surface area contributed by atoms with Crippen LogP contribution in [-0.4, -0.2) is 36.8 Å². The van der Waals surface area contributed by atoms with Crippen LogP contribution in [0.3, 0.4) is 0 Å². The Hall–Kier alpha value is -3.55. The van der Waals surface area contributed by atoms with Crippen molar-refractivity contribution in [3.8, 4) is 23.1 Å². The topological polar surface area (TPSA) is 94.6 Å². The minimum absolute atomic E-state index is 0.256. The summed E-state index contributed by atoms with van der Waals surface area (Å²) in [5, 5.41) is 6.09. The maximum Gasteiger partial charge on any atom is 0.319 e. The van der Waals surface area contributed by atoms with E-state index in [9.17, 15) is 4.79 Å². The fraction of sp³-hybridized carbons (Fsp3) is 0.211. The SMILES string of the molecule is CCNC(=O)Nc1ccc(Oc2ncnc3cc(OC)c(OC)cc23)cc1. The number of fused-ring (bicyclic) bond motifs is 1. The predicted octanol–water partition coefficient (Wildman–Crippen LogP) is 3.58. The molecule has 3 aromatic rings. The molecular weight excluding hydrogens is 348 g/mol. The summed E-state index contributed by atoms with van der Waals surface area (Å²) in [5.41, 5.74) is 1.33. The molecule has 0 aliphatic heterocycles. The number of carbonyl (C=O) groups excluding carboxylic acids is 1. The van der Waals surface area contributed by atoms with Crippen LogP contribution in [0.2, 0.25) is 0 Å². The number of hydrogen-bond acceptors (Lipinski definition) is 6. The highest BCUT2D eigenvalue weighted by molar-refractivity contribution is 5.89. The Morgan fingerprint density at radius 1 is 1.04 bits per heavy atom. The number of ether oxygens (including phenoxy) is 3. The Balaban J connectivity index is 1.85. The number of urea groups is 1. The van der Waals surface area contributed by atoms with Crippen LogP contribution in [0, 0.1) is 0 Å². The van der Waals surface area contributed by atoms with Gasteiger partial charge in [-0.15, -0.1) is 0 Å². The van der Waals surface area contributed by atoms with Gasteiger partial charge in [-0.3, -0.25) is 0 Å². The summed E-state index contributed by atoms with van der Waals surface area (Å²) in [7, 11) is 3.13. The van der Waals surface area contributed by atoms with Crippen LogP contribution >= 0.6 is 0 Å². The fourth-order valence-electron chi connectivity index (χ4n) is 2.49. The first-order chi connectivity index (χ1) is 13.1. The van der Waals surface area contributed by atoms with Crippen LogP contribution in [0.4, 0.5) is 10.5 Å². The van der Waals surface area contributed by atoms with Gasteiger partial charge in [0.15, 0.2) is 11.5 Å². The second-order valence-electron chi connectivity index (χ2n) is 5.51. The van der Waals surface area contributed by atoms with Gasteiger partial charge in [0.25, 0.3) is 0 Å². The first kappa shape index (κ1) is 18.2. The van der Waals surface area contributed by atoms with E-state index in [-0.39, 0.29) is 6.03 Å². The lowest BCUT2D eigenvalue weighted by molar-refractivity contribution is 0.252. The normalized spacial score (nSPS) is 10.3. The van der Waals surface area contributed by atoms with Crippen LogP contribution in [-0.2, 0) is 0 Å². The Kier molecular flexibility index (Phi) is 5.55. The number of anilines is 1. The Morgan fingerprint density at radius 3 is 2.41 bits per heavy atom. The molecule has 0 aliphatic rings. The molecule has 2 aromatic carbocycles. The summed E-state index contributed by atoms with van der Waals surface area (Å²) in [6.45, 7) is 2.41. The number of amides is 2. The monoisotopic (exact) mass is 368 g/mol. The molecule has 0 fully saturated rings. The van der Waals surface area contributed by atoms with Crippen molar-refractivity contribution in [3.05, 3.63) is 42.7 Å². The summed E-state index contributed by atoms with van der Waals surface area (Å²) >= 11 is 0. The fourth-order valence-corrected chi connectivity index (χ4v) is 2.49. The molecule has 1 aromatic heterocycles. The van der Waals surface area contributed by atoms with E-state index in [0.717, 1.165) is 0 Å². The van der Waals surface area contributed by atoms with E-state index < -0.39 is 0 Å². The number of nitrogens with one attached hydrogen (secondary N) is 2. The lowest BCUT2D eigenvalue weighted by Crippen LogP contribution is -2.28. The van der Waals surface area contributed by atoms with Crippen molar-refractivity contribution in [3.63, 3.8) is 0 Å². The maximum atomic E-state index is 11.6. The van der Waals surface area contributed by atoms with Gasteiger partial charge in [-0.2, -0.15) is 0 Å². The van der Waals surface area contributed by atoms with Crippen molar-refractivity contribution in [1.82, 2.24) is 15.3 Å². The first-order valence-corrected chi connectivity index (χ1v) is 8.34. The van der Waals surface area contributed by atoms with Crippen molar-refractivity contribution in [2.45, 2.75) is 6.92 Å². The van der Waals surface area contributed by atoms with E-state index in [1.807, 2.05) is 6.92 Å². The quantitative estimate of drug-likeness (QED) is 0.691. The highest BCUT2D eigenvalue weighted by Gasteiger charge is 2.12. The van der Waals surface area contributed by atoms with Crippen molar-refractivity contribution in [2.24, 2.45) is 0 Å². The van der Waals surface area contributed by atoms with E-state index in [1.165, 1.54) is 6.33 Å². The third kappa shape index (κ3) is 4.17. The highest BCUT2D eigenvalue weighted by Crippen LogP contribution is 2.35. The van der Waals surface area contributed by atoms with E-state index in [2.05, 4.69) is 20.6 Å². The number of benzene rings is 2. The molecule has 8 nitrogen and oxygen atoms in total. The number of nitrogens with zero attached hydrogens (tertiary/aromatic N) is 2. The van der Waals surface area contributed by atoms with Crippen molar-refractivity contribution >= 4 is 22.6 Å². The number of methoxy groups -OCH3 is 2. The smallest absolute Gasteiger partial charge is 0.319 e. The molecule has 0 bridgehead atoms. The molecule has 27 heavy (non-hydrogen) atoms. The zero-order valence-corrected chi connectivity index (χ0v) is 15.3. The van der Waals surface area contributed by atoms with E-state index in [0.29, 0.717) is 46.3 Å². The molecule has 0 atom stereocenters. The van der Waals surface area contributed by atoms with E-state index >= 15 is 0 Å². The zero-order valence-electron chi connectivity index (χ0n) is 15.3. The average Bonchev–Trinajstić information content (AvgIpc) is 2.68. The Morgan fingerprint density at radius 2 is 1.74 bits per heavy atom. The lowest BCUT2D eigenvalue weighted by Gasteiger charge is -2.12. The lowest BCUT2D eigenvalue weighted by atomic mass is 10.2. The minimum atomic E-state index is -0.256. The molecule has 0 radical (unpaired) electrons. The van der Waals surface area contributed by atoms with E-state index in [1.54, 1.807) is 50.6 Å². The minimum Gasteiger partial charge on any atom is -0.493 e. The van der Waals surface area contributed by atoms with Gasteiger partial charge in [0.2, 0.25) is 5.88 Å². The largest absolute Gasteiger partial charge is 0.493 e. The predicted molar refractivity (Wildman–Crippen MR) is 102 cm³/mol. The number of rotatable bonds is 6. The second-order valence-corrected chi connectivity index (χ2v) is 5.51. The van der Waals surface area contributed by atoms with Gasteiger partial charge < -0.3 is 24.8 Å². The zero-order chi connectivity index (χ0) is 19.2. The number of carbonyl (C=O) groups is 1. The molecule has 0 saturated carbocycles. The van der Waals surface area contributed by atoms with Crippen LogP contribution in [0.5, 0.6) is 23.1 Å². The molecule has 0 unspecified atom stereocenters. The Labute approximate surface area is 156 Å². The van der Waals surface area contributed by atoms with Gasteiger partial charge in [0, 0.05) is 18.3 Å². The van der Waals surface area contributed by atoms with Gasteiger partial charge in [-0.05, 0) is 37.3 Å². The van der Waals surface area contributed by atoms with Gasteiger partial charge >= 0.3 is 6.03 Å². The first-order valence-electron chi connectivity index (χ1n) is 8.34. The van der Waals surface area contributed by atoms with Crippen molar-refractivity contribution in [2.75, 3.05) is 26.1 Å². The van der Waals surface area contributed by atoms with Crippen LogP contribution in [0.15, 0.2) is 42.7 Å². The van der Waals surface area contributed by atoms with E-state index in [4.69, 9.17) is 14.2 Å². The summed E-state index contributed by atoms with van der Waals surface area (Å²) < 4.78 is 16.5. The summed E-state index contributed by atoms with van der Waals surface area (Å²) in [4.78, 5) is 20.0. The molecule has 0 aliphatic carbocycles. The molecule has 1 heterocycles. The standard InChI is InChI=1S/C19H20N4O4/c1-4-20-19(24)23-12-5-7-13(8-6-12)27-18-14-9-16(25-2)17(26-3)10-15(14)21-11-22-18/h5-11H,4H2,1-3H3,(H2,20,23,24). The number of hydrogen-bond donors (Lipinski definition) is 2.